The van der Waals surface area contributed by atoms with Crippen LogP contribution in [-0.2, 0) is 16.0 Å². The number of rotatable bonds is 5. The second-order valence-corrected chi connectivity index (χ2v) is 6.01. The van der Waals surface area contributed by atoms with Crippen LogP contribution in [0.2, 0.25) is 0 Å². The number of ether oxygens (including phenoxy) is 1. The van der Waals surface area contributed by atoms with Crippen LogP contribution in [0.15, 0.2) is 0 Å². The van der Waals surface area contributed by atoms with Gasteiger partial charge in [-0.15, -0.1) is 11.3 Å². The fraction of sp³-hybridized carbons (Fsp3) is 0.643. The van der Waals surface area contributed by atoms with Crippen LogP contribution in [0, 0.1) is 18.3 Å². The molecule has 1 saturated heterocycles. The number of Topliss-reactive ketones (excluding diaryl/α,β-unsaturated/α-hetero) is 1. The van der Waals surface area contributed by atoms with Gasteiger partial charge in [0.05, 0.1) is 17.9 Å². The van der Waals surface area contributed by atoms with Crippen LogP contribution < -0.4 is 0 Å². The molecule has 0 unspecified atom stereocenters. The predicted molar refractivity (Wildman–Crippen MR) is 73.2 cm³/mol. The van der Waals surface area contributed by atoms with Crippen LogP contribution in [0.25, 0.3) is 0 Å². The lowest BCUT2D eigenvalue weighted by molar-refractivity contribution is -0.121. The molecule has 1 aromatic heterocycles. The highest BCUT2D eigenvalue weighted by molar-refractivity contribution is 7.11. The lowest BCUT2D eigenvalue weighted by Crippen LogP contribution is -2.18. The van der Waals surface area contributed by atoms with Gasteiger partial charge in [-0.25, -0.2) is 4.98 Å². The number of carbonyl (C=O) groups is 1. The number of aryl methyl sites for hydroxylation is 2. The molecule has 0 spiro atoms. The molecule has 0 radical (unpaired) electrons. The van der Waals surface area contributed by atoms with Gasteiger partial charge < -0.3 is 4.74 Å². The minimum atomic E-state index is -0.729. The summed E-state index contributed by atoms with van der Waals surface area (Å²) in [5.41, 5.74) is 0.991. The van der Waals surface area contributed by atoms with Gasteiger partial charge >= 0.3 is 0 Å². The molecule has 1 aliphatic rings. The Morgan fingerprint density at radius 1 is 1.68 bits per heavy atom. The summed E-state index contributed by atoms with van der Waals surface area (Å²) < 4.78 is 5.46. The van der Waals surface area contributed by atoms with Crippen molar-refractivity contribution in [2.45, 2.75) is 51.6 Å². The van der Waals surface area contributed by atoms with Gasteiger partial charge in [0.15, 0.2) is 11.7 Å². The van der Waals surface area contributed by atoms with E-state index in [1.54, 1.807) is 0 Å². The van der Waals surface area contributed by atoms with Crippen molar-refractivity contribution in [1.82, 2.24) is 4.98 Å². The summed E-state index contributed by atoms with van der Waals surface area (Å²) in [6, 6.07) is 2.10. The van der Waals surface area contributed by atoms with Gasteiger partial charge in [0.2, 0.25) is 0 Å². The van der Waals surface area contributed by atoms with E-state index < -0.39 is 5.92 Å². The number of thiazole rings is 1. The van der Waals surface area contributed by atoms with Crippen LogP contribution in [0.5, 0.6) is 0 Å². The van der Waals surface area contributed by atoms with Gasteiger partial charge in [0, 0.05) is 17.9 Å². The summed E-state index contributed by atoms with van der Waals surface area (Å²) >= 11 is 1.46. The monoisotopic (exact) mass is 278 g/mol. The summed E-state index contributed by atoms with van der Waals surface area (Å²) in [5.74, 6) is -0.793. The quantitative estimate of drug-likeness (QED) is 0.830. The first kappa shape index (κ1) is 14.2. The van der Waals surface area contributed by atoms with Gasteiger partial charge in [-0.1, -0.05) is 6.92 Å². The van der Waals surface area contributed by atoms with Crippen LogP contribution in [-0.4, -0.2) is 23.5 Å². The maximum atomic E-state index is 12.2. The van der Waals surface area contributed by atoms with E-state index in [1.807, 2.05) is 13.8 Å². The summed E-state index contributed by atoms with van der Waals surface area (Å²) in [7, 11) is 0. The van der Waals surface area contributed by atoms with Crippen LogP contribution in [0.3, 0.4) is 0 Å². The summed E-state index contributed by atoms with van der Waals surface area (Å²) in [5, 5.41) is 9.89. The Morgan fingerprint density at radius 2 is 2.47 bits per heavy atom. The van der Waals surface area contributed by atoms with Gasteiger partial charge in [-0.3, -0.25) is 4.79 Å². The normalized spacial score (nSPS) is 20.2. The molecule has 0 N–H and O–H groups in total. The van der Waals surface area contributed by atoms with Crippen molar-refractivity contribution in [1.29, 1.82) is 5.26 Å². The highest BCUT2D eigenvalue weighted by atomic mass is 32.1. The fourth-order valence-electron chi connectivity index (χ4n) is 2.31. The second kappa shape index (κ2) is 6.27. The highest BCUT2D eigenvalue weighted by Gasteiger charge is 2.28. The molecule has 102 valence electrons. The third-order valence-corrected chi connectivity index (χ3v) is 4.47. The molecule has 0 amide bonds. The second-order valence-electron chi connectivity index (χ2n) is 4.78. The lowest BCUT2D eigenvalue weighted by atomic mass is 10.00. The summed E-state index contributed by atoms with van der Waals surface area (Å²) in [6.45, 7) is 4.74. The third-order valence-electron chi connectivity index (χ3n) is 3.39. The number of hydrogen-bond donors (Lipinski definition) is 0. The molecule has 0 bridgehead atoms. The van der Waals surface area contributed by atoms with Gasteiger partial charge in [-0.2, -0.15) is 5.26 Å². The smallest absolute Gasteiger partial charge is 0.159 e. The van der Waals surface area contributed by atoms with Crippen molar-refractivity contribution in [3.05, 3.63) is 15.6 Å². The maximum Gasteiger partial charge on any atom is 0.159 e. The Bertz CT molecular complexity index is 498. The molecule has 0 aromatic carbocycles. The van der Waals surface area contributed by atoms with Gasteiger partial charge in [-0.05, 0) is 26.2 Å². The molecule has 19 heavy (non-hydrogen) atoms. The average Bonchev–Trinajstić information content (AvgIpc) is 3.00. The number of nitriles is 1. The van der Waals surface area contributed by atoms with Crippen molar-refractivity contribution < 1.29 is 9.53 Å². The molecule has 2 heterocycles. The Kier molecular flexibility index (Phi) is 4.67. The molecule has 0 aliphatic carbocycles. The predicted octanol–water partition coefficient (Wildman–Crippen LogP) is 2.76. The summed E-state index contributed by atoms with van der Waals surface area (Å²) in [4.78, 5) is 17.7. The van der Waals surface area contributed by atoms with Crippen LogP contribution >= 0.6 is 11.3 Å². The van der Waals surface area contributed by atoms with E-state index in [-0.39, 0.29) is 11.9 Å². The Hall–Kier alpha value is -1.25. The standard InChI is InChI=1S/C14H18N2O2S/c1-3-12-9(2)19-14(16-12)11(8-15)13(17)7-10-5-4-6-18-10/h10-11H,3-7H2,1-2H3/t10-,11-/m0/s1. The maximum absolute atomic E-state index is 12.2. The zero-order chi connectivity index (χ0) is 13.8. The topological polar surface area (TPSA) is 63.0 Å². The first-order valence-electron chi connectivity index (χ1n) is 6.65. The van der Waals surface area contributed by atoms with E-state index in [9.17, 15) is 10.1 Å². The first-order chi connectivity index (χ1) is 9.15. The molecule has 4 nitrogen and oxygen atoms in total. The van der Waals surface area contributed by atoms with Crippen molar-refractivity contribution >= 4 is 17.1 Å². The molecule has 2 atom stereocenters. The SMILES string of the molecule is CCc1nc([C@@H](C#N)C(=O)C[C@@H]2CCCO2)sc1C. The third kappa shape index (κ3) is 3.20. The Balaban J connectivity index is 2.09. The number of carbonyl (C=O) groups excluding carboxylic acids is 1. The van der Waals surface area contributed by atoms with Crippen LogP contribution in [0.1, 0.15) is 47.7 Å². The minimum Gasteiger partial charge on any atom is -0.378 e. The van der Waals surface area contributed by atoms with Crippen molar-refractivity contribution in [3.63, 3.8) is 0 Å². The van der Waals surface area contributed by atoms with Crippen molar-refractivity contribution in [2.75, 3.05) is 6.61 Å². The van der Waals surface area contributed by atoms with Crippen molar-refractivity contribution in [3.8, 4) is 6.07 Å². The molecule has 1 aromatic rings. The zero-order valence-electron chi connectivity index (χ0n) is 11.3. The van der Waals surface area contributed by atoms with E-state index in [0.717, 1.165) is 36.4 Å². The Morgan fingerprint density at radius 3 is 3.00 bits per heavy atom. The Labute approximate surface area is 117 Å². The molecule has 2 rings (SSSR count). The molecule has 0 saturated carbocycles. The van der Waals surface area contributed by atoms with E-state index in [4.69, 9.17) is 4.74 Å². The fourth-order valence-corrected chi connectivity index (χ4v) is 3.39. The number of aromatic nitrogens is 1. The van der Waals surface area contributed by atoms with E-state index in [1.165, 1.54) is 11.3 Å². The number of nitrogens with zero attached hydrogens (tertiary/aromatic N) is 2. The van der Waals surface area contributed by atoms with Gasteiger partial charge in [0.1, 0.15) is 5.01 Å². The molecular formula is C14H18N2O2S. The van der Waals surface area contributed by atoms with E-state index >= 15 is 0 Å². The minimum absolute atomic E-state index is 0.00458. The largest absolute Gasteiger partial charge is 0.378 e. The molecular weight excluding hydrogens is 260 g/mol. The zero-order valence-corrected chi connectivity index (χ0v) is 12.1. The van der Waals surface area contributed by atoms with E-state index in [2.05, 4.69) is 11.1 Å². The van der Waals surface area contributed by atoms with Crippen LogP contribution in [0.4, 0.5) is 0 Å². The number of hydrogen-bond acceptors (Lipinski definition) is 5. The average molecular weight is 278 g/mol. The summed E-state index contributed by atoms with van der Waals surface area (Å²) in [6.07, 6.45) is 3.08. The molecule has 1 aliphatic heterocycles. The number of ketones is 1. The molecule has 5 heteroatoms. The highest BCUT2D eigenvalue weighted by Crippen LogP contribution is 2.28. The lowest BCUT2D eigenvalue weighted by Gasteiger charge is -2.10. The van der Waals surface area contributed by atoms with E-state index in [0.29, 0.717) is 11.4 Å². The first-order valence-corrected chi connectivity index (χ1v) is 7.47. The molecule has 1 fully saturated rings. The van der Waals surface area contributed by atoms with Crippen molar-refractivity contribution in [2.24, 2.45) is 0 Å². The van der Waals surface area contributed by atoms with Gasteiger partial charge in [0.25, 0.3) is 0 Å².